The lowest BCUT2D eigenvalue weighted by Gasteiger charge is -2.27. The number of halogens is 1. The van der Waals surface area contributed by atoms with Crippen LogP contribution < -0.4 is 0 Å². The highest BCUT2D eigenvalue weighted by Crippen LogP contribution is 2.43. The molecule has 2 heterocycles. The summed E-state index contributed by atoms with van der Waals surface area (Å²) < 4.78 is 11.5. The molecule has 2 aromatic heterocycles. The molecule has 2 atom stereocenters. The normalized spacial score (nSPS) is 21.1. The summed E-state index contributed by atoms with van der Waals surface area (Å²) in [6.07, 6.45) is 3.68. The number of rotatable bonds is 4. The fourth-order valence-electron chi connectivity index (χ4n) is 2.83. The molecule has 0 amide bonds. The van der Waals surface area contributed by atoms with E-state index in [-0.39, 0.29) is 18.3 Å². The number of allylic oxidation sites excluding steroid dienone is 2. The summed E-state index contributed by atoms with van der Waals surface area (Å²) in [5.74, 6) is -1.27. The summed E-state index contributed by atoms with van der Waals surface area (Å²) in [5, 5.41) is 1.96. The molecule has 0 saturated heterocycles. The summed E-state index contributed by atoms with van der Waals surface area (Å²) in [6.45, 7) is 1.98. The van der Waals surface area contributed by atoms with Crippen LogP contribution in [0.3, 0.4) is 0 Å². The molecule has 3 rings (SSSR count). The molecule has 2 aromatic rings. The van der Waals surface area contributed by atoms with E-state index in [4.69, 9.17) is 9.15 Å². The zero-order chi connectivity index (χ0) is 16.4. The minimum atomic E-state index is -0.844. The first-order valence-corrected chi connectivity index (χ1v) is 8.97. The third kappa shape index (κ3) is 3.19. The maximum atomic E-state index is 12.6. The fourth-order valence-corrected chi connectivity index (χ4v) is 4.49. The van der Waals surface area contributed by atoms with Gasteiger partial charge in [0.2, 0.25) is 0 Å². The second-order valence-corrected chi connectivity index (χ2v) is 7.00. The third-order valence-electron chi connectivity index (χ3n) is 3.82. The van der Waals surface area contributed by atoms with Crippen molar-refractivity contribution in [3.05, 3.63) is 51.0 Å². The Morgan fingerprint density at radius 1 is 1.48 bits per heavy atom. The van der Waals surface area contributed by atoms with Gasteiger partial charge < -0.3 is 9.15 Å². The van der Waals surface area contributed by atoms with Gasteiger partial charge in [0.15, 0.2) is 5.78 Å². The van der Waals surface area contributed by atoms with Gasteiger partial charge in [-0.3, -0.25) is 9.59 Å². The number of ether oxygens (including phenoxy) is 1. The second kappa shape index (κ2) is 6.84. The maximum Gasteiger partial charge on any atom is 0.317 e. The van der Waals surface area contributed by atoms with Crippen LogP contribution in [0.4, 0.5) is 0 Å². The molecule has 2 unspecified atom stereocenters. The molecule has 0 spiro atoms. The van der Waals surface area contributed by atoms with Crippen LogP contribution in [0.2, 0.25) is 0 Å². The highest BCUT2D eigenvalue weighted by atomic mass is 79.9. The Balaban J connectivity index is 2.00. The highest BCUT2D eigenvalue weighted by molar-refractivity contribution is 9.10. The van der Waals surface area contributed by atoms with Crippen LogP contribution in [0.5, 0.6) is 0 Å². The van der Waals surface area contributed by atoms with Gasteiger partial charge in [-0.2, -0.15) is 0 Å². The number of hydrogen-bond acceptors (Lipinski definition) is 5. The Morgan fingerprint density at radius 3 is 2.91 bits per heavy atom. The molecule has 1 aliphatic carbocycles. The Labute approximate surface area is 146 Å². The number of ketones is 1. The average molecular weight is 395 g/mol. The van der Waals surface area contributed by atoms with Crippen LogP contribution in [0.15, 0.2) is 44.8 Å². The lowest BCUT2D eigenvalue weighted by atomic mass is 9.77. The molecule has 1 aliphatic rings. The van der Waals surface area contributed by atoms with Gasteiger partial charge in [0.05, 0.1) is 12.9 Å². The summed E-state index contributed by atoms with van der Waals surface area (Å²) in [7, 11) is 0. The van der Waals surface area contributed by atoms with Gasteiger partial charge >= 0.3 is 5.97 Å². The maximum absolute atomic E-state index is 12.6. The van der Waals surface area contributed by atoms with Gasteiger partial charge in [-0.1, -0.05) is 0 Å². The van der Waals surface area contributed by atoms with E-state index < -0.39 is 11.9 Å². The van der Waals surface area contributed by atoms with Crippen LogP contribution in [0.25, 0.3) is 5.57 Å². The Morgan fingerprint density at radius 2 is 2.30 bits per heavy atom. The van der Waals surface area contributed by atoms with Gasteiger partial charge in [0.1, 0.15) is 11.7 Å². The number of esters is 1. The van der Waals surface area contributed by atoms with Gasteiger partial charge in [-0.25, -0.2) is 0 Å². The van der Waals surface area contributed by atoms with Crippen molar-refractivity contribution in [2.45, 2.75) is 19.3 Å². The molecule has 0 radical (unpaired) electrons. The van der Waals surface area contributed by atoms with E-state index >= 15 is 0 Å². The third-order valence-corrected chi connectivity index (χ3v) is 5.74. The average Bonchev–Trinajstić information content (AvgIpc) is 3.17. The summed E-state index contributed by atoms with van der Waals surface area (Å²) in [5.41, 5.74) is 0.916. The van der Waals surface area contributed by atoms with E-state index in [2.05, 4.69) is 15.9 Å². The Hall–Kier alpha value is -1.66. The monoisotopic (exact) mass is 394 g/mol. The topological polar surface area (TPSA) is 56.5 Å². The van der Waals surface area contributed by atoms with Crippen molar-refractivity contribution in [2.75, 3.05) is 6.61 Å². The van der Waals surface area contributed by atoms with Crippen molar-refractivity contribution < 1.29 is 18.7 Å². The van der Waals surface area contributed by atoms with Crippen molar-refractivity contribution in [3.63, 3.8) is 0 Å². The molecular formula is C17H15BrO4S. The first kappa shape index (κ1) is 16.2. The molecule has 0 N–H and O–H groups in total. The zero-order valence-electron chi connectivity index (χ0n) is 12.5. The standard InChI is InChI=1S/C17H15BrO4S/c1-2-21-17(20)15-11(14-4-3-6-22-14)8-10(9-13(15)19)16-12(18)5-7-23-16/h3-7,9,11,15H,2,8H2,1H3. The lowest BCUT2D eigenvalue weighted by molar-refractivity contribution is -0.151. The van der Waals surface area contributed by atoms with Crippen LogP contribution in [0, 0.1) is 5.92 Å². The van der Waals surface area contributed by atoms with E-state index in [1.807, 2.05) is 11.4 Å². The van der Waals surface area contributed by atoms with Crippen LogP contribution in [-0.4, -0.2) is 18.4 Å². The van der Waals surface area contributed by atoms with E-state index in [1.165, 1.54) is 0 Å². The molecule has 0 saturated carbocycles. The van der Waals surface area contributed by atoms with E-state index in [9.17, 15) is 9.59 Å². The van der Waals surface area contributed by atoms with Crippen LogP contribution >= 0.6 is 27.3 Å². The molecule has 23 heavy (non-hydrogen) atoms. The minimum absolute atomic E-state index is 0.230. The number of carbonyl (C=O) groups is 2. The van der Waals surface area contributed by atoms with Crippen molar-refractivity contribution in [2.24, 2.45) is 5.92 Å². The predicted molar refractivity (Wildman–Crippen MR) is 91.2 cm³/mol. The van der Waals surface area contributed by atoms with Crippen LogP contribution in [-0.2, 0) is 14.3 Å². The summed E-state index contributed by atoms with van der Waals surface area (Å²) in [6, 6.07) is 5.52. The molecule has 0 fully saturated rings. The Bertz CT molecular complexity index is 744. The molecular weight excluding hydrogens is 380 g/mol. The van der Waals surface area contributed by atoms with Gasteiger partial charge in [0, 0.05) is 15.3 Å². The van der Waals surface area contributed by atoms with Gasteiger partial charge in [0.25, 0.3) is 0 Å². The number of thiophene rings is 1. The van der Waals surface area contributed by atoms with Crippen molar-refractivity contribution >= 4 is 44.6 Å². The summed E-state index contributed by atoms with van der Waals surface area (Å²) >= 11 is 5.07. The number of hydrogen-bond donors (Lipinski definition) is 0. The van der Waals surface area contributed by atoms with Crippen molar-refractivity contribution in [1.82, 2.24) is 0 Å². The SMILES string of the molecule is CCOC(=O)C1C(=O)C=C(c2sccc2Br)CC1c1ccco1. The zero-order valence-corrected chi connectivity index (χ0v) is 14.9. The van der Waals surface area contributed by atoms with Crippen molar-refractivity contribution in [3.8, 4) is 0 Å². The highest BCUT2D eigenvalue weighted by Gasteiger charge is 2.41. The van der Waals surface area contributed by atoms with E-state index in [0.29, 0.717) is 12.2 Å². The molecule has 6 heteroatoms. The fraction of sp³-hybridized carbons (Fsp3) is 0.294. The molecule has 0 bridgehead atoms. The smallest absolute Gasteiger partial charge is 0.317 e. The summed E-state index contributed by atoms with van der Waals surface area (Å²) in [4.78, 5) is 25.9. The van der Waals surface area contributed by atoms with E-state index in [0.717, 1.165) is 14.9 Å². The van der Waals surface area contributed by atoms with Gasteiger partial charge in [-0.15, -0.1) is 11.3 Å². The largest absolute Gasteiger partial charge is 0.469 e. The molecule has 0 aliphatic heterocycles. The predicted octanol–water partition coefficient (Wildman–Crippen LogP) is 4.42. The Kier molecular flexibility index (Phi) is 4.82. The second-order valence-electron chi connectivity index (χ2n) is 5.23. The van der Waals surface area contributed by atoms with Crippen LogP contribution in [0.1, 0.15) is 29.9 Å². The van der Waals surface area contributed by atoms with E-state index in [1.54, 1.807) is 42.7 Å². The quantitative estimate of drug-likeness (QED) is 0.568. The minimum Gasteiger partial charge on any atom is -0.469 e. The number of furan rings is 1. The molecule has 0 aromatic carbocycles. The number of carbonyl (C=O) groups excluding carboxylic acids is 2. The van der Waals surface area contributed by atoms with Gasteiger partial charge in [-0.05, 0) is 64.5 Å². The molecule has 4 nitrogen and oxygen atoms in total. The lowest BCUT2D eigenvalue weighted by Crippen LogP contribution is -2.33. The van der Waals surface area contributed by atoms with Crippen molar-refractivity contribution in [1.29, 1.82) is 0 Å². The first-order chi connectivity index (χ1) is 11.1. The molecule has 120 valence electrons. The first-order valence-electron chi connectivity index (χ1n) is 7.29.